The van der Waals surface area contributed by atoms with Crippen LogP contribution in [-0.4, -0.2) is 32.3 Å². The van der Waals surface area contributed by atoms with E-state index in [9.17, 15) is 0 Å². The first-order valence-electron chi connectivity index (χ1n) is 6.01. The van der Waals surface area contributed by atoms with Gasteiger partial charge >= 0.3 is 0 Å². The summed E-state index contributed by atoms with van der Waals surface area (Å²) >= 11 is 0. The standard InChI is InChI=1S/C13H18N6/c1-18(9-11-16-6-7-19(11)2)8-10-4-3-5-17-12(10)13(14)15/h3-7H,8-9H2,1-2H3,(H3,14,15). The van der Waals surface area contributed by atoms with Crippen LogP contribution in [0.2, 0.25) is 0 Å². The van der Waals surface area contributed by atoms with Gasteiger partial charge in [-0.3, -0.25) is 15.3 Å². The highest BCUT2D eigenvalue weighted by atomic mass is 15.1. The van der Waals surface area contributed by atoms with E-state index in [0.29, 0.717) is 12.2 Å². The van der Waals surface area contributed by atoms with Gasteiger partial charge in [-0.2, -0.15) is 0 Å². The predicted octanol–water partition coefficient (Wildman–Crippen LogP) is 0.731. The van der Waals surface area contributed by atoms with Gasteiger partial charge in [0.25, 0.3) is 0 Å². The van der Waals surface area contributed by atoms with Crippen LogP contribution >= 0.6 is 0 Å². The maximum atomic E-state index is 7.53. The molecule has 19 heavy (non-hydrogen) atoms. The van der Waals surface area contributed by atoms with Crippen LogP contribution in [0.25, 0.3) is 0 Å². The third-order valence-corrected chi connectivity index (χ3v) is 2.92. The molecule has 0 aliphatic carbocycles. The first-order chi connectivity index (χ1) is 9.08. The van der Waals surface area contributed by atoms with E-state index in [1.54, 1.807) is 12.4 Å². The summed E-state index contributed by atoms with van der Waals surface area (Å²) in [5, 5.41) is 7.53. The van der Waals surface area contributed by atoms with Gasteiger partial charge in [0, 0.05) is 32.2 Å². The lowest BCUT2D eigenvalue weighted by Gasteiger charge is -2.17. The lowest BCUT2D eigenvalue weighted by Crippen LogP contribution is -2.23. The second-order valence-corrected chi connectivity index (χ2v) is 4.55. The van der Waals surface area contributed by atoms with Crippen molar-refractivity contribution < 1.29 is 0 Å². The minimum absolute atomic E-state index is 0.000918. The van der Waals surface area contributed by atoms with Gasteiger partial charge in [-0.15, -0.1) is 0 Å². The molecule has 100 valence electrons. The fourth-order valence-corrected chi connectivity index (χ4v) is 1.95. The molecule has 3 N–H and O–H groups in total. The van der Waals surface area contributed by atoms with Gasteiger partial charge in [0.1, 0.15) is 17.4 Å². The van der Waals surface area contributed by atoms with E-state index in [1.165, 1.54) is 0 Å². The van der Waals surface area contributed by atoms with Crippen molar-refractivity contribution in [3.63, 3.8) is 0 Å². The Hall–Kier alpha value is -2.21. The highest BCUT2D eigenvalue weighted by molar-refractivity contribution is 5.94. The molecule has 6 nitrogen and oxygen atoms in total. The molecule has 2 aromatic heterocycles. The summed E-state index contributed by atoms with van der Waals surface area (Å²) in [5.74, 6) is 0.997. The Bertz CT molecular complexity index is 574. The number of aromatic nitrogens is 3. The average molecular weight is 258 g/mol. The summed E-state index contributed by atoms with van der Waals surface area (Å²) in [5.41, 5.74) is 7.04. The van der Waals surface area contributed by atoms with E-state index < -0.39 is 0 Å². The van der Waals surface area contributed by atoms with Gasteiger partial charge in [0.05, 0.1) is 6.54 Å². The van der Waals surface area contributed by atoms with E-state index in [4.69, 9.17) is 11.1 Å². The number of imidazole rings is 1. The first-order valence-corrected chi connectivity index (χ1v) is 6.01. The van der Waals surface area contributed by atoms with Crippen LogP contribution < -0.4 is 5.73 Å². The number of nitrogens with one attached hydrogen (secondary N) is 1. The van der Waals surface area contributed by atoms with Crippen molar-refractivity contribution in [2.45, 2.75) is 13.1 Å². The minimum atomic E-state index is 0.000918. The average Bonchev–Trinajstić information content (AvgIpc) is 2.75. The Morgan fingerprint density at radius 2 is 2.16 bits per heavy atom. The molecule has 2 heterocycles. The van der Waals surface area contributed by atoms with Crippen LogP contribution in [0.3, 0.4) is 0 Å². The maximum Gasteiger partial charge on any atom is 0.142 e. The van der Waals surface area contributed by atoms with E-state index >= 15 is 0 Å². The molecular formula is C13H18N6. The molecule has 0 saturated heterocycles. The Balaban J connectivity index is 2.09. The zero-order chi connectivity index (χ0) is 13.8. The van der Waals surface area contributed by atoms with E-state index in [1.807, 2.05) is 37.0 Å². The predicted molar refractivity (Wildman–Crippen MR) is 73.6 cm³/mol. The first kappa shape index (κ1) is 13.2. The lowest BCUT2D eigenvalue weighted by atomic mass is 10.1. The number of nitrogens with two attached hydrogens (primary N) is 1. The van der Waals surface area contributed by atoms with Gasteiger partial charge in [0.2, 0.25) is 0 Å². The van der Waals surface area contributed by atoms with Crippen molar-refractivity contribution in [1.82, 2.24) is 19.4 Å². The Labute approximate surface area is 112 Å². The molecule has 0 unspecified atom stereocenters. The van der Waals surface area contributed by atoms with Crippen molar-refractivity contribution in [2.24, 2.45) is 12.8 Å². The van der Waals surface area contributed by atoms with Crippen molar-refractivity contribution in [2.75, 3.05) is 7.05 Å². The van der Waals surface area contributed by atoms with Crippen LogP contribution in [-0.2, 0) is 20.1 Å². The SMILES string of the molecule is CN(Cc1cccnc1C(=N)N)Cc1nccn1C. The lowest BCUT2D eigenvalue weighted by molar-refractivity contribution is 0.306. The smallest absolute Gasteiger partial charge is 0.142 e. The molecule has 0 radical (unpaired) electrons. The van der Waals surface area contributed by atoms with Gasteiger partial charge in [-0.05, 0) is 18.7 Å². The van der Waals surface area contributed by atoms with Gasteiger partial charge in [0.15, 0.2) is 0 Å². The van der Waals surface area contributed by atoms with Gasteiger partial charge in [-0.25, -0.2) is 4.98 Å². The molecule has 0 spiro atoms. The molecule has 0 fully saturated rings. The van der Waals surface area contributed by atoms with E-state index in [0.717, 1.165) is 17.9 Å². The van der Waals surface area contributed by atoms with Crippen LogP contribution in [0.4, 0.5) is 0 Å². The molecule has 0 aromatic carbocycles. The summed E-state index contributed by atoms with van der Waals surface area (Å²) in [7, 11) is 3.98. The van der Waals surface area contributed by atoms with Crippen LogP contribution in [0.5, 0.6) is 0 Å². The number of nitrogens with zero attached hydrogens (tertiary/aromatic N) is 4. The monoisotopic (exact) mass is 258 g/mol. The maximum absolute atomic E-state index is 7.53. The Kier molecular flexibility index (Phi) is 3.91. The van der Waals surface area contributed by atoms with E-state index in [-0.39, 0.29) is 5.84 Å². The topological polar surface area (TPSA) is 83.8 Å². The second kappa shape index (κ2) is 5.62. The Morgan fingerprint density at radius 1 is 1.37 bits per heavy atom. The number of pyridine rings is 1. The van der Waals surface area contributed by atoms with Crippen LogP contribution in [0, 0.1) is 5.41 Å². The molecule has 0 atom stereocenters. The summed E-state index contributed by atoms with van der Waals surface area (Å²) in [4.78, 5) is 10.6. The highest BCUT2D eigenvalue weighted by Crippen LogP contribution is 2.09. The largest absolute Gasteiger partial charge is 0.382 e. The number of hydrogen-bond donors (Lipinski definition) is 2. The number of hydrogen-bond acceptors (Lipinski definition) is 4. The summed E-state index contributed by atoms with van der Waals surface area (Å²) < 4.78 is 1.99. The molecular weight excluding hydrogens is 240 g/mol. The Morgan fingerprint density at radius 3 is 2.79 bits per heavy atom. The number of amidine groups is 1. The number of rotatable bonds is 5. The summed E-state index contributed by atoms with van der Waals surface area (Å²) in [6.45, 7) is 1.41. The van der Waals surface area contributed by atoms with Gasteiger partial charge < -0.3 is 10.3 Å². The van der Waals surface area contributed by atoms with E-state index in [2.05, 4.69) is 14.9 Å². The third kappa shape index (κ3) is 3.17. The zero-order valence-corrected chi connectivity index (χ0v) is 11.2. The van der Waals surface area contributed by atoms with Crippen molar-refractivity contribution in [3.05, 3.63) is 47.8 Å². The molecule has 0 aliphatic rings. The van der Waals surface area contributed by atoms with Crippen molar-refractivity contribution >= 4 is 5.84 Å². The molecule has 2 aromatic rings. The number of aryl methyl sites for hydroxylation is 1. The van der Waals surface area contributed by atoms with Crippen molar-refractivity contribution in [1.29, 1.82) is 5.41 Å². The quantitative estimate of drug-likeness (QED) is 0.611. The molecule has 0 amide bonds. The summed E-state index contributed by atoms with van der Waals surface area (Å²) in [6, 6.07) is 3.80. The molecule has 0 bridgehead atoms. The highest BCUT2D eigenvalue weighted by Gasteiger charge is 2.10. The molecule has 0 aliphatic heterocycles. The van der Waals surface area contributed by atoms with Crippen molar-refractivity contribution in [3.8, 4) is 0 Å². The molecule has 0 saturated carbocycles. The fraction of sp³-hybridized carbons (Fsp3) is 0.308. The number of nitrogen functional groups attached to an aromatic ring is 1. The normalized spacial score (nSPS) is 10.9. The molecule has 6 heteroatoms. The van der Waals surface area contributed by atoms with Crippen LogP contribution in [0.15, 0.2) is 30.7 Å². The van der Waals surface area contributed by atoms with Gasteiger partial charge in [-0.1, -0.05) is 6.07 Å². The second-order valence-electron chi connectivity index (χ2n) is 4.55. The minimum Gasteiger partial charge on any atom is -0.382 e. The zero-order valence-electron chi connectivity index (χ0n) is 11.2. The summed E-state index contributed by atoms with van der Waals surface area (Å²) in [6.07, 6.45) is 5.36. The van der Waals surface area contributed by atoms with Crippen LogP contribution in [0.1, 0.15) is 17.1 Å². The molecule has 2 rings (SSSR count). The fourth-order valence-electron chi connectivity index (χ4n) is 1.95. The third-order valence-electron chi connectivity index (χ3n) is 2.92.